The third-order valence-electron chi connectivity index (χ3n) is 4.54. The molecule has 0 fully saturated rings. The highest BCUT2D eigenvalue weighted by atomic mass is 19.3. The summed E-state index contributed by atoms with van der Waals surface area (Å²) in [7, 11) is 0. The fraction of sp³-hybridized carbons (Fsp3) is 0.409. The number of fused-ring (bicyclic) bond motifs is 1. The van der Waals surface area contributed by atoms with Crippen LogP contribution < -0.4 is 4.74 Å². The molecule has 2 N–H and O–H groups in total. The van der Waals surface area contributed by atoms with Gasteiger partial charge in [-0.1, -0.05) is 24.3 Å². The van der Waals surface area contributed by atoms with E-state index in [4.69, 9.17) is 9.84 Å². The van der Waals surface area contributed by atoms with Crippen molar-refractivity contribution in [2.45, 2.75) is 44.6 Å². The van der Waals surface area contributed by atoms with Crippen molar-refractivity contribution in [2.75, 3.05) is 6.61 Å². The van der Waals surface area contributed by atoms with E-state index >= 15 is 0 Å². The number of aromatic hydroxyl groups is 1. The topological polar surface area (TPSA) is 73.5 Å². The van der Waals surface area contributed by atoms with Crippen molar-refractivity contribution in [1.29, 1.82) is 5.26 Å². The normalized spacial score (nSPS) is 20.2. The minimum Gasteiger partial charge on any atom is -0.508 e. The third-order valence-corrected chi connectivity index (χ3v) is 4.54. The quantitative estimate of drug-likeness (QED) is 0.525. The van der Waals surface area contributed by atoms with Crippen molar-refractivity contribution < 1.29 is 23.7 Å². The van der Waals surface area contributed by atoms with E-state index in [2.05, 4.69) is 6.58 Å². The number of benzene rings is 1. The summed E-state index contributed by atoms with van der Waals surface area (Å²) in [5.41, 5.74) is 1.43. The molecule has 0 saturated carbocycles. The van der Waals surface area contributed by atoms with Crippen LogP contribution in [-0.2, 0) is 6.42 Å². The van der Waals surface area contributed by atoms with Crippen molar-refractivity contribution in [3.05, 3.63) is 59.7 Å². The predicted molar refractivity (Wildman–Crippen MR) is 103 cm³/mol. The van der Waals surface area contributed by atoms with Crippen LogP contribution in [0.25, 0.3) is 0 Å². The lowest BCUT2D eigenvalue weighted by molar-refractivity contribution is -0.00693. The fourth-order valence-corrected chi connectivity index (χ4v) is 3.51. The molecule has 28 heavy (non-hydrogen) atoms. The van der Waals surface area contributed by atoms with Gasteiger partial charge in [0.25, 0.3) is 0 Å². The summed E-state index contributed by atoms with van der Waals surface area (Å²) in [5, 5.41) is 28.5. The summed E-state index contributed by atoms with van der Waals surface area (Å²) in [6.07, 6.45) is 7.07. The number of hydrogen-bond donors (Lipinski definition) is 2. The predicted octanol–water partition coefficient (Wildman–Crippen LogP) is 4.67. The summed E-state index contributed by atoms with van der Waals surface area (Å²) in [5.74, 6) is -3.04. The number of phenolic OH excluding ortho intramolecular Hbond substituents is 1. The Labute approximate surface area is 164 Å². The molecule has 1 aliphatic rings. The van der Waals surface area contributed by atoms with Gasteiger partial charge in [-0.05, 0) is 49.3 Å². The van der Waals surface area contributed by atoms with Gasteiger partial charge in [0.2, 0.25) is 5.92 Å². The molecule has 0 spiro atoms. The van der Waals surface area contributed by atoms with E-state index in [9.17, 15) is 19.1 Å². The number of hydrogen-bond acceptors (Lipinski definition) is 4. The SMILES string of the molecule is C=CC/C=C(\C=C/CO)C1CC(CC(C)(F)F)Cc2cc(O)cc(C#N)c2O1. The van der Waals surface area contributed by atoms with Crippen LogP contribution in [-0.4, -0.2) is 28.8 Å². The van der Waals surface area contributed by atoms with Crippen LogP contribution >= 0.6 is 0 Å². The largest absolute Gasteiger partial charge is 0.508 e. The second kappa shape index (κ2) is 9.52. The number of aliphatic hydroxyl groups excluding tert-OH is 1. The van der Waals surface area contributed by atoms with Crippen LogP contribution in [0.1, 0.15) is 37.3 Å². The van der Waals surface area contributed by atoms with Gasteiger partial charge in [-0.15, -0.1) is 6.58 Å². The first kappa shape index (κ1) is 21.6. The van der Waals surface area contributed by atoms with Gasteiger partial charge in [0.15, 0.2) is 0 Å². The highest BCUT2D eigenvalue weighted by Crippen LogP contribution is 2.40. The molecular weight excluding hydrogens is 364 g/mol. The van der Waals surface area contributed by atoms with Crippen LogP contribution in [0, 0.1) is 17.2 Å². The lowest BCUT2D eigenvalue weighted by atomic mass is 9.87. The van der Waals surface area contributed by atoms with E-state index in [1.165, 1.54) is 12.1 Å². The molecule has 150 valence electrons. The number of nitriles is 1. The molecule has 6 heteroatoms. The van der Waals surface area contributed by atoms with Gasteiger partial charge in [-0.25, -0.2) is 8.78 Å². The van der Waals surface area contributed by atoms with Gasteiger partial charge in [-0.3, -0.25) is 0 Å². The molecule has 1 aromatic rings. The third kappa shape index (κ3) is 5.93. The van der Waals surface area contributed by atoms with Gasteiger partial charge < -0.3 is 14.9 Å². The lowest BCUT2D eigenvalue weighted by Gasteiger charge is -2.24. The molecule has 1 aromatic carbocycles. The molecule has 1 aliphatic heterocycles. The first-order valence-electron chi connectivity index (χ1n) is 9.16. The Morgan fingerprint density at radius 2 is 2.21 bits per heavy atom. The van der Waals surface area contributed by atoms with Gasteiger partial charge in [0.1, 0.15) is 23.7 Å². The highest BCUT2D eigenvalue weighted by Gasteiger charge is 2.34. The molecule has 0 aromatic heterocycles. The van der Waals surface area contributed by atoms with E-state index in [0.717, 1.165) is 12.5 Å². The zero-order chi connectivity index (χ0) is 20.7. The summed E-state index contributed by atoms with van der Waals surface area (Å²) < 4.78 is 33.6. The van der Waals surface area contributed by atoms with Gasteiger partial charge in [-0.2, -0.15) is 5.26 Å². The van der Waals surface area contributed by atoms with E-state index < -0.39 is 17.9 Å². The van der Waals surface area contributed by atoms with Crippen LogP contribution in [0.15, 0.2) is 48.6 Å². The standard InChI is InChI=1S/C22H25F2NO3/c1-3-4-6-16(7-5-8-26)20-10-15(13-22(2,23)24)9-17-11-19(27)12-18(14-25)21(17)28-20/h3,5-7,11-12,15,20,26-27H,1,4,8-10,13H2,2H3/b7-5-,16-6+. The Balaban J connectivity index is 2.52. The van der Waals surface area contributed by atoms with Crippen LogP contribution in [0.3, 0.4) is 0 Å². The van der Waals surface area contributed by atoms with Gasteiger partial charge in [0, 0.05) is 12.5 Å². The van der Waals surface area contributed by atoms with Gasteiger partial charge in [0.05, 0.1) is 12.2 Å². The molecular formula is C22H25F2NO3. The summed E-state index contributed by atoms with van der Waals surface area (Å²) in [6.45, 7) is 4.41. The first-order chi connectivity index (χ1) is 13.3. The molecule has 0 radical (unpaired) electrons. The van der Waals surface area contributed by atoms with Crippen LogP contribution in [0.4, 0.5) is 8.78 Å². The molecule has 0 bridgehead atoms. The van der Waals surface area contributed by atoms with E-state index in [-0.39, 0.29) is 30.8 Å². The number of ether oxygens (including phenoxy) is 1. The van der Waals surface area contributed by atoms with Gasteiger partial charge >= 0.3 is 0 Å². The molecule has 4 nitrogen and oxygen atoms in total. The zero-order valence-electron chi connectivity index (χ0n) is 15.9. The molecule has 1 heterocycles. The second-order valence-corrected chi connectivity index (χ2v) is 7.09. The van der Waals surface area contributed by atoms with Crippen LogP contribution in [0.2, 0.25) is 0 Å². The van der Waals surface area contributed by atoms with E-state index in [0.29, 0.717) is 24.2 Å². The lowest BCUT2D eigenvalue weighted by Crippen LogP contribution is -2.25. The number of allylic oxidation sites excluding steroid dienone is 2. The molecule has 0 aliphatic carbocycles. The van der Waals surface area contributed by atoms with Crippen molar-refractivity contribution in [3.8, 4) is 17.6 Å². The highest BCUT2D eigenvalue weighted by molar-refractivity contribution is 5.54. The number of aliphatic hydroxyl groups is 1. The Morgan fingerprint density at radius 3 is 2.82 bits per heavy atom. The minimum atomic E-state index is -2.85. The maximum atomic E-state index is 13.8. The zero-order valence-corrected chi connectivity index (χ0v) is 15.9. The summed E-state index contributed by atoms with van der Waals surface area (Å²) in [4.78, 5) is 0. The Kier molecular flexibility index (Phi) is 7.36. The number of alkyl halides is 2. The van der Waals surface area contributed by atoms with Crippen molar-refractivity contribution in [3.63, 3.8) is 0 Å². The summed E-state index contributed by atoms with van der Waals surface area (Å²) >= 11 is 0. The fourth-order valence-electron chi connectivity index (χ4n) is 3.51. The Morgan fingerprint density at radius 1 is 1.46 bits per heavy atom. The number of halogens is 2. The monoisotopic (exact) mass is 389 g/mol. The van der Waals surface area contributed by atoms with E-state index in [1.54, 1.807) is 18.2 Å². The molecule has 0 saturated heterocycles. The van der Waals surface area contributed by atoms with Crippen molar-refractivity contribution >= 4 is 0 Å². The number of rotatable bonds is 7. The average Bonchev–Trinajstić information content (AvgIpc) is 2.78. The maximum absolute atomic E-state index is 13.8. The maximum Gasteiger partial charge on any atom is 0.245 e. The molecule has 2 atom stereocenters. The molecule has 0 amide bonds. The summed E-state index contributed by atoms with van der Waals surface area (Å²) in [6, 6.07) is 4.78. The second-order valence-electron chi connectivity index (χ2n) is 7.09. The Bertz CT molecular complexity index is 803. The molecule has 2 unspecified atom stereocenters. The van der Waals surface area contributed by atoms with Crippen molar-refractivity contribution in [1.82, 2.24) is 0 Å². The Hall–Kier alpha value is -2.65. The van der Waals surface area contributed by atoms with E-state index in [1.807, 2.05) is 12.1 Å². The average molecular weight is 389 g/mol. The minimum absolute atomic E-state index is 0.0954. The molecule has 2 rings (SSSR count). The first-order valence-corrected chi connectivity index (χ1v) is 9.16. The number of nitrogens with zero attached hydrogens (tertiary/aromatic N) is 1. The smallest absolute Gasteiger partial charge is 0.245 e. The number of phenols is 1. The van der Waals surface area contributed by atoms with Crippen molar-refractivity contribution in [2.24, 2.45) is 5.92 Å². The van der Waals surface area contributed by atoms with Crippen LogP contribution in [0.5, 0.6) is 11.5 Å².